The van der Waals surface area contributed by atoms with Gasteiger partial charge in [0.15, 0.2) is 11.5 Å². The Labute approximate surface area is 200 Å². The minimum atomic E-state index is -4.92. The average Bonchev–Trinajstić information content (AvgIpc) is 2.80. The molecule has 1 aromatic heterocycles. The van der Waals surface area contributed by atoms with E-state index < -0.39 is 41.3 Å². The Morgan fingerprint density at radius 1 is 0.944 bits per heavy atom. The van der Waals surface area contributed by atoms with Crippen LogP contribution in [0.1, 0.15) is 26.4 Å². The fraction of sp³-hybridized carbons (Fsp3) is 0.174. The van der Waals surface area contributed by atoms with Crippen LogP contribution in [0.25, 0.3) is 0 Å². The summed E-state index contributed by atoms with van der Waals surface area (Å²) in [5.74, 6) is -3.57. The number of halogens is 5. The van der Waals surface area contributed by atoms with E-state index in [1.165, 1.54) is 18.3 Å². The zero-order valence-electron chi connectivity index (χ0n) is 18.2. The van der Waals surface area contributed by atoms with Crippen molar-refractivity contribution in [3.63, 3.8) is 0 Å². The smallest absolute Gasteiger partial charge is 0.421 e. The molecule has 1 aliphatic heterocycles. The van der Waals surface area contributed by atoms with Crippen LogP contribution < -0.4 is 25.8 Å². The lowest BCUT2D eigenvalue weighted by atomic mass is 10.1. The molecular weight excluding hydrogens is 491 g/mol. The monoisotopic (exact) mass is 508 g/mol. The third kappa shape index (κ3) is 5.14. The number of nitrogens with zero attached hydrogens (tertiary/aromatic N) is 1. The second kappa shape index (κ2) is 9.32. The summed E-state index contributed by atoms with van der Waals surface area (Å²) >= 11 is 0. The molecule has 3 aromatic rings. The lowest BCUT2D eigenvalue weighted by Crippen LogP contribution is -2.52. The second-order valence-electron chi connectivity index (χ2n) is 7.63. The zero-order valence-corrected chi connectivity index (χ0v) is 18.2. The number of anilines is 2. The van der Waals surface area contributed by atoms with E-state index in [2.05, 4.69) is 25.1 Å². The van der Waals surface area contributed by atoms with Crippen LogP contribution in [0.2, 0.25) is 0 Å². The largest absolute Gasteiger partial charge is 0.507 e. The predicted octanol–water partition coefficient (Wildman–Crippen LogP) is 4.18. The van der Waals surface area contributed by atoms with Crippen LogP contribution in [0.4, 0.5) is 33.3 Å². The number of nitrogens with two attached hydrogens (primary N) is 1. The number of hydrogen-bond donors (Lipinski definition) is 3. The number of pyridine rings is 1. The molecule has 2 aromatic carbocycles. The van der Waals surface area contributed by atoms with Crippen LogP contribution in [-0.4, -0.2) is 35.6 Å². The van der Waals surface area contributed by atoms with Crippen molar-refractivity contribution in [2.75, 3.05) is 17.2 Å². The minimum Gasteiger partial charge on any atom is -0.421 e. The van der Waals surface area contributed by atoms with Crippen LogP contribution in [0.15, 0.2) is 54.7 Å². The maximum atomic E-state index is 13.9. The van der Waals surface area contributed by atoms with Crippen LogP contribution >= 0.6 is 0 Å². The highest BCUT2D eigenvalue weighted by Crippen LogP contribution is 2.47. The summed E-state index contributed by atoms with van der Waals surface area (Å²) in [4.78, 5) is 27.9. The molecule has 0 bridgehead atoms. The fourth-order valence-electron chi connectivity index (χ4n) is 3.31. The molecule has 2 heterocycles. The normalized spacial score (nSPS) is 15.1. The molecule has 4 rings (SSSR count). The maximum absolute atomic E-state index is 13.9. The summed E-state index contributed by atoms with van der Waals surface area (Å²) in [7, 11) is 0. The van der Waals surface area contributed by atoms with Crippen LogP contribution in [0, 0.1) is 5.82 Å². The van der Waals surface area contributed by atoms with Crippen molar-refractivity contribution in [2.45, 2.75) is 18.6 Å². The highest BCUT2D eigenvalue weighted by Gasteiger charge is 2.65. The van der Waals surface area contributed by atoms with Crippen LogP contribution in [-0.2, 0) is 6.42 Å². The molecular formula is C23H17F5N4O4. The molecule has 1 aliphatic rings. The zero-order chi connectivity index (χ0) is 26.1. The minimum absolute atomic E-state index is 0.0886. The highest BCUT2D eigenvalue weighted by atomic mass is 19.3. The molecule has 0 atom stereocenters. The van der Waals surface area contributed by atoms with Gasteiger partial charge < -0.3 is 25.8 Å². The Hall–Kier alpha value is -4.42. The van der Waals surface area contributed by atoms with Gasteiger partial charge in [0.05, 0.1) is 5.56 Å². The number of aromatic nitrogens is 1. The average molecular weight is 508 g/mol. The number of benzene rings is 2. The van der Waals surface area contributed by atoms with E-state index in [1.807, 2.05) is 0 Å². The van der Waals surface area contributed by atoms with Gasteiger partial charge in [0.25, 0.3) is 11.8 Å². The van der Waals surface area contributed by atoms with Crippen molar-refractivity contribution < 1.29 is 41.0 Å². The summed E-state index contributed by atoms with van der Waals surface area (Å²) in [5, 5.41) is 5.36. The predicted molar refractivity (Wildman–Crippen MR) is 117 cm³/mol. The molecule has 8 nitrogen and oxygen atoms in total. The standard InChI is InChI=1S/C23H17F5N4O4/c24-13-1-3-16(30-7-5-12-6-8-31-17(9-12)20(29)33)15(10-13)21(34)32-14-2-4-18-19(11-14)36-23(27,28)22(25,26)35-18/h1-4,6,8-11,30H,5,7H2,(H2,29,33)(H,32,34). The van der Waals surface area contributed by atoms with Crippen molar-refractivity contribution in [2.24, 2.45) is 5.73 Å². The first-order chi connectivity index (χ1) is 16.9. The van der Waals surface area contributed by atoms with Gasteiger partial charge in [0.2, 0.25) is 0 Å². The Morgan fingerprint density at radius 2 is 1.67 bits per heavy atom. The van der Waals surface area contributed by atoms with Crippen molar-refractivity contribution >= 4 is 23.2 Å². The van der Waals surface area contributed by atoms with E-state index >= 15 is 0 Å². The number of carbonyl (C=O) groups excluding carboxylic acids is 2. The van der Waals surface area contributed by atoms with E-state index in [0.29, 0.717) is 6.42 Å². The van der Waals surface area contributed by atoms with Crippen molar-refractivity contribution in [3.05, 3.63) is 77.4 Å². The summed E-state index contributed by atoms with van der Waals surface area (Å²) in [6.07, 6.45) is -7.96. The third-order valence-electron chi connectivity index (χ3n) is 5.05. The number of ether oxygens (including phenoxy) is 2. The molecule has 0 aliphatic carbocycles. The molecule has 4 N–H and O–H groups in total. The first-order valence-electron chi connectivity index (χ1n) is 10.3. The summed E-state index contributed by atoms with van der Waals surface area (Å²) in [5.41, 5.74) is 6.09. The van der Waals surface area contributed by atoms with Gasteiger partial charge in [-0.2, -0.15) is 17.6 Å². The number of alkyl halides is 4. The van der Waals surface area contributed by atoms with Gasteiger partial charge in [-0.3, -0.25) is 14.6 Å². The summed E-state index contributed by atoms with van der Waals surface area (Å²) in [6.45, 7) is 0.279. The highest BCUT2D eigenvalue weighted by molar-refractivity contribution is 6.08. The second-order valence-corrected chi connectivity index (χ2v) is 7.63. The van der Waals surface area contributed by atoms with E-state index in [1.54, 1.807) is 6.07 Å². The SMILES string of the molecule is NC(=O)c1cc(CCNc2ccc(F)cc2C(=O)Nc2ccc3c(c2)OC(F)(F)C(F)(F)O3)ccn1. The molecule has 0 spiro atoms. The summed E-state index contributed by atoms with van der Waals surface area (Å²) < 4.78 is 75.5. The molecule has 0 fully saturated rings. The molecule has 13 heteroatoms. The third-order valence-corrected chi connectivity index (χ3v) is 5.05. The molecule has 0 radical (unpaired) electrons. The number of nitrogens with one attached hydrogen (secondary N) is 2. The molecule has 0 saturated heterocycles. The van der Waals surface area contributed by atoms with Crippen molar-refractivity contribution in [1.82, 2.24) is 4.98 Å². The molecule has 36 heavy (non-hydrogen) atoms. The number of carbonyl (C=O) groups is 2. The van der Waals surface area contributed by atoms with Gasteiger partial charge in [-0.15, -0.1) is 0 Å². The summed E-state index contributed by atoms with van der Waals surface area (Å²) in [6, 6.07) is 9.54. The van der Waals surface area contributed by atoms with Crippen molar-refractivity contribution in [3.8, 4) is 11.5 Å². The van der Waals surface area contributed by atoms with Gasteiger partial charge in [-0.1, -0.05) is 0 Å². The molecule has 0 unspecified atom stereocenters. The van der Waals surface area contributed by atoms with Crippen LogP contribution in [0.5, 0.6) is 11.5 Å². The van der Waals surface area contributed by atoms with Gasteiger partial charge in [0, 0.05) is 30.2 Å². The topological polar surface area (TPSA) is 116 Å². The number of primary amides is 1. The Balaban J connectivity index is 1.47. The van der Waals surface area contributed by atoms with E-state index in [-0.39, 0.29) is 29.2 Å². The van der Waals surface area contributed by atoms with Gasteiger partial charge in [-0.25, -0.2) is 4.39 Å². The lowest BCUT2D eigenvalue weighted by Gasteiger charge is -2.31. The van der Waals surface area contributed by atoms with E-state index in [4.69, 9.17) is 5.73 Å². The number of fused-ring (bicyclic) bond motifs is 1. The van der Waals surface area contributed by atoms with Gasteiger partial charge in [-0.05, 0) is 54.4 Å². The lowest BCUT2D eigenvalue weighted by molar-refractivity contribution is -0.391. The molecule has 0 saturated carbocycles. The molecule has 2 amide bonds. The van der Waals surface area contributed by atoms with Crippen molar-refractivity contribution in [1.29, 1.82) is 0 Å². The quantitative estimate of drug-likeness (QED) is 0.413. The first-order valence-corrected chi connectivity index (χ1v) is 10.3. The van der Waals surface area contributed by atoms with E-state index in [0.717, 1.165) is 35.9 Å². The van der Waals surface area contributed by atoms with Gasteiger partial charge >= 0.3 is 12.2 Å². The van der Waals surface area contributed by atoms with E-state index in [9.17, 15) is 31.5 Å². The Morgan fingerprint density at radius 3 is 2.39 bits per heavy atom. The van der Waals surface area contributed by atoms with Crippen LogP contribution in [0.3, 0.4) is 0 Å². The molecule has 188 valence electrons. The maximum Gasteiger partial charge on any atom is 0.507 e. The van der Waals surface area contributed by atoms with Gasteiger partial charge in [0.1, 0.15) is 11.5 Å². The number of hydrogen-bond acceptors (Lipinski definition) is 6. The fourth-order valence-corrected chi connectivity index (χ4v) is 3.31. The number of amides is 2. The Bertz CT molecular complexity index is 1340. The Kier molecular flexibility index (Phi) is 6.39. The first kappa shape index (κ1) is 24.7. The number of rotatable bonds is 7.